The van der Waals surface area contributed by atoms with Crippen LogP contribution in [0.2, 0.25) is 0 Å². The first-order valence-corrected chi connectivity index (χ1v) is 15.3. The molecule has 3 saturated carbocycles. The highest BCUT2D eigenvalue weighted by Crippen LogP contribution is 2.59. The number of carbonyl (C=O) groups is 2. The second kappa shape index (κ2) is 10.0. The number of ether oxygens (including phenoxy) is 6. The second-order valence-corrected chi connectivity index (χ2v) is 13.6. The maximum atomic E-state index is 12.4. The van der Waals surface area contributed by atoms with Crippen molar-refractivity contribution in [3.8, 4) is 0 Å². The highest BCUT2D eigenvalue weighted by atomic mass is 16.6. The molecule has 38 heavy (non-hydrogen) atoms. The molecule has 7 rings (SSSR count). The van der Waals surface area contributed by atoms with Gasteiger partial charge in [0.2, 0.25) is 0 Å². The van der Waals surface area contributed by atoms with Crippen molar-refractivity contribution < 1.29 is 38.0 Å². The smallest absolute Gasteiger partial charge is 0.305 e. The number of unbranched alkanes of at least 4 members (excludes halogenated alkanes) is 1. The van der Waals surface area contributed by atoms with Gasteiger partial charge in [-0.2, -0.15) is 0 Å². The van der Waals surface area contributed by atoms with Gasteiger partial charge in [0.05, 0.1) is 62.0 Å². The van der Waals surface area contributed by atoms with Gasteiger partial charge in [-0.15, -0.1) is 0 Å². The first-order chi connectivity index (χ1) is 18.4. The molecule has 8 nitrogen and oxygen atoms in total. The lowest BCUT2D eigenvalue weighted by Gasteiger charge is -2.40. The van der Waals surface area contributed by atoms with E-state index in [9.17, 15) is 9.59 Å². The van der Waals surface area contributed by atoms with Crippen LogP contribution in [-0.4, -0.2) is 74.0 Å². The first kappa shape index (κ1) is 25.7. The molecule has 0 N–H and O–H groups in total. The van der Waals surface area contributed by atoms with Gasteiger partial charge in [-0.3, -0.25) is 9.59 Å². The highest BCUT2D eigenvalue weighted by Gasteiger charge is 2.66. The summed E-state index contributed by atoms with van der Waals surface area (Å²) in [4.78, 5) is 24.5. The molecule has 4 saturated heterocycles. The van der Waals surface area contributed by atoms with E-state index in [4.69, 9.17) is 28.4 Å². The average molecular weight is 533 g/mol. The van der Waals surface area contributed by atoms with Gasteiger partial charge < -0.3 is 28.4 Å². The molecule has 0 radical (unpaired) electrons. The van der Waals surface area contributed by atoms with Crippen LogP contribution < -0.4 is 0 Å². The molecule has 7 fully saturated rings. The Hall–Kier alpha value is -1.22. The molecule has 0 amide bonds. The maximum absolute atomic E-state index is 12.4. The van der Waals surface area contributed by atoms with Crippen molar-refractivity contribution >= 4 is 11.9 Å². The summed E-state index contributed by atoms with van der Waals surface area (Å²) in [6, 6.07) is 0. The second-order valence-electron chi connectivity index (χ2n) is 13.6. The van der Waals surface area contributed by atoms with E-state index in [2.05, 4.69) is 13.8 Å². The molecule has 0 spiro atoms. The summed E-state index contributed by atoms with van der Waals surface area (Å²) in [5.41, 5.74) is 0.00694. The van der Waals surface area contributed by atoms with E-state index in [1.165, 1.54) is 0 Å². The molecule has 0 aromatic rings. The van der Waals surface area contributed by atoms with Crippen LogP contribution in [0, 0.1) is 35.5 Å². The molecular formula is C30H44O8. The van der Waals surface area contributed by atoms with Crippen LogP contribution in [0.15, 0.2) is 0 Å². The number of hydrogen-bond acceptors (Lipinski definition) is 8. The Kier molecular flexibility index (Phi) is 6.77. The number of esters is 2. The minimum atomic E-state index is -0.159. The van der Waals surface area contributed by atoms with Crippen molar-refractivity contribution in [1.29, 1.82) is 0 Å². The molecule has 4 heterocycles. The Morgan fingerprint density at radius 2 is 1.47 bits per heavy atom. The van der Waals surface area contributed by atoms with E-state index in [1.54, 1.807) is 0 Å². The molecule has 0 bridgehead atoms. The molecule has 13 atom stereocenters. The standard InChI is InChI=1S/C30H44O8/c1-16-19(12-21(29-27(16)38-29)30(2)15-35-30)20-9-18(11-24-28(20)37-24)14-34-26(32)6-4-3-5-25(31)33-13-17-7-8-22-23(10-17)36-22/h16-24,27-29H,3-15H2,1-2H3. The number of hydrogen-bond donors (Lipinski definition) is 0. The average Bonchev–Trinajstić information content (AvgIpc) is 3.72. The fourth-order valence-electron chi connectivity index (χ4n) is 8.22. The van der Waals surface area contributed by atoms with Crippen molar-refractivity contribution in [2.45, 2.75) is 120 Å². The molecule has 0 aromatic heterocycles. The summed E-state index contributed by atoms with van der Waals surface area (Å²) in [5, 5.41) is 0. The monoisotopic (exact) mass is 532 g/mol. The molecule has 13 unspecified atom stereocenters. The van der Waals surface area contributed by atoms with Crippen LogP contribution in [0.25, 0.3) is 0 Å². The van der Waals surface area contributed by atoms with Crippen molar-refractivity contribution in [2.24, 2.45) is 35.5 Å². The Labute approximate surface area is 225 Å². The zero-order chi connectivity index (χ0) is 26.0. The highest BCUT2D eigenvalue weighted by molar-refractivity contribution is 5.70. The normalized spacial score (nSPS) is 49.6. The van der Waals surface area contributed by atoms with Gasteiger partial charge in [0.15, 0.2) is 0 Å². The third-order valence-corrected chi connectivity index (χ3v) is 10.9. The molecule has 0 aromatic carbocycles. The fourth-order valence-corrected chi connectivity index (χ4v) is 8.22. The number of rotatable bonds is 11. The van der Waals surface area contributed by atoms with Gasteiger partial charge in [0.25, 0.3) is 0 Å². The molecule has 212 valence electrons. The van der Waals surface area contributed by atoms with Gasteiger partial charge in [0, 0.05) is 18.8 Å². The van der Waals surface area contributed by atoms with Crippen LogP contribution in [0.1, 0.15) is 78.1 Å². The van der Waals surface area contributed by atoms with Crippen LogP contribution >= 0.6 is 0 Å². The van der Waals surface area contributed by atoms with Crippen LogP contribution in [0.5, 0.6) is 0 Å². The third-order valence-electron chi connectivity index (χ3n) is 10.9. The third kappa shape index (κ3) is 5.39. The maximum Gasteiger partial charge on any atom is 0.305 e. The van der Waals surface area contributed by atoms with Crippen LogP contribution in [-0.2, 0) is 38.0 Å². The van der Waals surface area contributed by atoms with E-state index in [0.29, 0.717) is 111 Å². The zero-order valence-electron chi connectivity index (χ0n) is 22.9. The fraction of sp³-hybridized carbons (Fsp3) is 0.933. The minimum absolute atomic E-state index is 0.00694. The van der Waals surface area contributed by atoms with Gasteiger partial charge in [-0.1, -0.05) is 6.92 Å². The predicted molar refractivity (Wildman–Crippen MR) is 135 cm³/mol. The first-order valence-electron chi connectivity index (χ1n) is 15.3. The van der Waals surface area contributed by atoms with E-state index in [1.807, 2.05) is 0 Å². The summed E-state index contributed by atoms with van der Waals surface area (Å²) < 4.78 is 34.8. The zero-order valence-corrected chi connectivity index (χ0v) is 22.9. The summed E-state index contributed by atoms with van der Waals surface area (Å²) in [5.74, 6) is 2.61. The summed E-state index contributed by atoms with van der Waals surface area (Å²) in [6.45, 7) is 6.43. The predicted octanol–water partition coefficient (Wildman–Crippen LogP) is 3.82. The number of carbonyl (C=O) groups excluding carboxylic acids is 2. The number of epoxide rings is 4. The lowest BCUT2D eigenvalue weighted by Crippen LogP contribution is -2.43. The van der Waals surface area contributed by atoms with Crippen LogP contribution in [0.4, 0.5) is 0 Å². The van der Waals surface area contributed by atoms with Crippen molar-refractivity contribution in [3.05, 3.63) is 0 Å². The Morgan fingerprint density at radius 3 is 2.18 bits per heavy atom. The molecular weight excluding hydrogens is 488 g/mol. The SMILES string of the molecule is CC1C(C2CC(COC(=O)CCCCC(=O)OCC3CCC4OC4C3)CC3OC32)CC(C2(C)CO2)C2OC12. The molecule has 7 aliphatic rings. The Morgan fingerprint density at radius 1 is 0.763 bits per heavy atom. The van der Waals surface area contributed by atoms with Gasteiger partial charge in [0.1, 0.15) is 0 Å². The van der Waals surface area contributed by atoms with Crippen LogP contribution in [0.3, 0.4) is 0 Å². The number of fused-ring (bicyclic) bond motifs is 3. The topological polar surface area (TPSA) is 103 Å². The molecule has 3 aliphatic carbocycles. The van der Waals surface area contributed by atoms with Gasteiger partial charge in [-0.25, -0.2) is 0 Å². The quantitative estimate of drug-likeness (QED) is 0.225. The summed E-state index contributed by atoms with van der Waals surface area (Å²) in [7, 11) is 0. The lowest BCUT2D eigenvalue weighted by molar-refractivity contribution is -0.147. The molecule has 8 heteroatoms. The largest absolute Gasteiger partial charge is 0.465 e. The lowest BCUT2D eigenvalue weighted by atomic mass is 9.62. The Balaban J connectivity index is 0.803. The van der Waals surface area contributed by atoms with E-state index >= 15 is 0 Å². The summed E-state index contributed by atoms with van der Waals surface area (Å²) in [6.07, 6.45) is 10.8. The van der Waals surface area contributed by atoms with Crippen molar-refractivity contribution in [1.82, 2.24) is 0 Å². The van der Waals surface area contributed by atoms with Gasteiger partial charge >= 0.3 is 11.9 Å². The summed E-state index contributed by atoms with van der Waals surface area (Å²) >= 11 is 0. The van der Waals surface area contributed by atoms with E-state index < -0.39 is 0 Å². The van der Waals surface area contributed by atoms with E-state index in [0.717, 1.165) is 45.1 Å². The van der Waals surface area contributed by atoms with Gasteiger partial charge in [-0.05, 0) is 87.9 Å². The molecule has 4 aliphatic heterocycles. The minimum Gasteiger partial charge on any atom is -0.465 e. The Bertz CT molecular complexity index is 918. The van der Waals surface area contributed by atoms with Crippen molar-refractivity contribution in [3.63, 3.8) is 0 Å². The van der Waals surface area contributed by atoms with Crippen molar-refractivity contribution in [2.75, 3.05) is 19.8 Å². The van der Waals surface area contributed by atoms with E-state index in [-0.39, 0.29) is 17.5 Å².